The third-order valence-electron chi connectivity index (χ3n) is 5.08. The molecule has 0 saturated heterocycles. The summed E-state index contributed by atoms with van der Waals surface area (Å²) in [5, 5.41) is 40.0. The summed E-state index contributed by atoms with van der Waals surface area (Å²) in [7, 11) is 0. The summed E-state index contributed by atoms with van der Waals surface area (Å²) in [4.78, 5) is 34.9. The van der Waals surface area contributed by atoms with Crippen LogP contribution in [-0.2, 0) is 19.1 Å². The molecular weight excluding hydrogens is 446 g/mol. The molecular formula is C23H31N3O8. The highest BCUT2D eigenvalue weighted by Gasteiger charge is 2.29. The van der Waals surface area contributed by atoms with Crippen LogP contribution in [0.25, 0.3) is 16.5 Å². The Balaban J connectivity index is 0.000000347. The average molecular weight is 478 g/mol. The van der Waals surface area contributed by atoms with Crippen molar-refractivity contribution in [3.8, 4) is 0 Å². The summed E-state index contributed by atoms with van der Waals surface area (Å²) in [5.41, 5.74) is 4.54. The van der Waals surface area contributed by atoms with E-state index in [0.717, 1.165) is 42.5 Å². The monoisotopic (exact) mass is 477 g/mol. The van der Waals surface area contributed by atoms with Crippen molar-refractivity contribution in [2.75, 3.05) is 31.6 Å². The molecule has 1 aromatic carbocycles. The van der Waals surface area contributed by atoms with E-state index in [0.29, 0.717) is 19.6 Å². The number of carboxylic acid groups (broad SMARTS) is 2. The summed E-state index contributed by atoms with van der Waals surface area (Å²) in [6, 6.07) is 6.03. The van der Waals surface area contributed by atoms with Gasteiger partial charge in [0.2, 0.25) is 5.91 Å². The third-order valence-corrected chi connectivity index (χ3v) is 5.08. The predicted molar refractivity (Wildman–Crippen MR) is 125 cm³/mol. The lowest BCUT2D eigenvalue weighted by Gasteiger charge is -2.13. The molecule has 1 amide bonds. The number of aliphatic hydroxyl groups excluding tert-OH is 2. The summed E-state index contributed by atoms with van der Waals surface area (Å²) in [6.45, 7) is 5.21. The highest BCUT2D eigenvalue weighted by Crippen LogP contribution is 2.29. The van der Waals surface area contributed by atoms with Crippen molar-refractivity contribution >= 4 is 40.0 Å². The van der Waals surface area contributed by atoms with Crippen molar-refractivity contribution in [1.82, 2.24) is 10.3 Å². The molecule has 0 spiro atoms. The van der Waals surface area contributed by atoms with Crippen molar-refractivity contribution in [3.63, 3.8) is 0 Å². The van der Waals surface area contributed by atoms with E-state index in [1.54, 1.807) is 0 Å². The molecule has 7 N–H and O–H groups in total. The zero-order valence-electron chi connectivity index (χ0n) is 18.9. The van der Waals surface area contributed by atoms with Gasteiger partial charge < -0.3 is 40.8 Å². The van der Waals surface area contributed by atoms with Gasteiger partial charge in [0.1, 0.15) is 0 Å². The van der Waals surface area contributed by atoms with Crippen molar-refractivity contribution in [3.05, 3.63) is 36.0 Å². The quantitative estimate of drug-likeness (QED) is 0.247. The number of H-pyrrole nitrogens is 1. The summed E-state index contributed by atoms with van der Waals surface area (Å²) >= 11 is 0. The lowest BCUT2D eigenvalue weighted by atomic mass is 9.99. The summed E-state index contributed by atoms with van der Waals surface area (Å²) < 4.78 is 5.27. The Labute approximate surface area is 196 Å². The fraction of sp³-hybridized carbons (Fsp3) is 0.435. The first-order valence-electron chi connectivity index (χ1n) is 10.9. The maximum absolute atomic E-state index is 12.0. The van der Waals surface area contributed by atoms with Crippen LogP contribution in [0.3, 0.4) is 0 Å². The second-order valence-electron chi connectivity index (χ2n) is 7.56. The zero-order chi connectivity index (χ0) is 25.1. The van der Waals surface area contributed by atoms with Gasteiger partial charge in [0.15, 0.2) is 12.2 Å². The number of carbonyl (C=O) groups is 3. The SMILES string of the molecule is CCOCCCC(=O)Nc1ccc2[nH]cc(C3=CCNCC3)c2c1.O=C(O)C(O)C(O)C(=O)O. The van der Waals surface area contributed by atoms with Gasteiger partial charge in [-0.05, 0) is 50.1 Å². The number of hydrogen-bond donors (Lipinski definition) is 7. The van der Waals surface area contributed by atoms with Gasteiger partial charge in [-0.1, -0.05) is 6.08 Å². The lowest BCUT2D eigenvalue weighted by Crippen LogP contribution is -2.39. The van der Waals surface area contributed by atoms with Gasteiger partial charge in [0.05, 0.1) is 0 Å². The highest BCUT2D eigenvalue weighted by molar-refractivity contribution is 5.98. The van der Waals surface area contributed by atoms with Crippen LogP contribution in [0.2, 0.25) is 0 Å². The topological polar surface area (TPSA) is 181 Å². The largest absolute Gasteiger partial charge is 0.479 e. The fourth-order valence-corrected chi connectivity index (χ4v) is 3.30. The number of aliphatic hydroxyl groups is 2. The molecule has 2 unspecified atom stereocenters. The van der Waals surface area contributed by atoms with Crippen molar-refractivity contribution in [1.29, 1.82) is 0 Å². The van der Waals surface area contributed by atoms with Crippen LogP contribution >= 0.6 is 0 Å². The number of aromatic nitrogens is 1. The van der Waals surface area contributed by atoms with Crippen LogP contribution in [0.4, 0.5) is 5.69 Å². The maximum atomic E-state index is 12.0. The van der Waals surface area contributed by atoms with Gasteiger partial charge in [0, 0.05) is 54.5 Å². The van der Waals surface area contributed by atoms with Gasteiger partial charge in [-0.2, -0.15) is 0 Å². The Hall–Kier alpha value is -3.25. The molecule has 11 heteroatoms. The number of rotatable bonds is 10. The molecule has 1 aromatic heterocycles. The molecule has 3 rings (SSSR count). The van der Waals surface area contributed by atoms with Gasteiger partial charge in [-0.25, -0.2) is 9.59 Å². The number of aromatic amines is 1. The Bertz CT molecular complexity index is 999. The zero-order valence-corrected chi connectivity index (χ0v) is 18.9. The molecule has 0 saturated carbocycles. The van der Waals surface area contributed by atoms with Crippen molar-refractivity contribution < 1.29 is 39.5 Å². The first kappa shape index (κ1) is 27.0. The highest BCUT2D eigenvalue weighted by atomic mass is 16.5. The van der Waals surface area contributed by atoms with Gasteiger partial charge in [0.25, 0.3) is 0 Å². The van der Waals surface area contributed by atoms with E-state index in [1.165, 1.54) is 11.1 Å². The lowest BCUT2D eigenvalue weighted by molar-refractivity contribution is -0.165. The summed E-state index contributed by atoms with van der Waals surface area (Å²) in [6.07, 6.45) is 2.03. The predicted octanol–water partition coefficient (Wildman–Crippen LogP) is 1.18. The smallest absolute Gasteiger partial charge is 0.335 e. The number of ether oxygens (including phenoxy) is 1. The molecule has 186 valence electrons. The molecule has 0 aliphatic carbocycles. The molecule has 1 aliphatic heterocycles. The molecule has 0 fully saturated rings. The van der Waals surface area contributed by atoms with E-state index in [9.17, 15) is 14.4 Å². The number of carbonyl (C=O) groups excluding carboxylic acids is 1. The van der Waals surface area contributed by atoms with Crippen molar-refractivity contribution in [2.45, 2.75) is 38.4 Å². The number of hydrogen-bond acceptors (Lipinski definition) is 7. The van der Waals surface area contributed by atoms with E-state index >= 15 is 0 Å². The van der Waals surface area contributed by atoms with E-state index in [4.69, 9.17) is 25.2 Å². The summed E-state index contributed by atoms with van der Waals surface area (Å²) in [5.74, 6) is -3.50. The second-order valence-corrected chi connectivity index (χ2v) is 7.56. The molecule has 2 heterocycles. The fourth-order valence-electron chi connectivity index (χ4n) is 3.30. The average Bonchev–Trinajstić information content (AvgIpc) is 3.25. The Morgan fingerprint density at radius 3 is 2.44 bits per heavy atom. The molecule has 0 bridgehead atoms. The van der Waals surface area contributed by atoms with Gasteiger partial charge >= 0.3 is 11.9 Å². The number of nitrogens with one attached hydrogen (secondary N) is 3. The molecule has 1 aliphatic rings. The number of anilines is 1. The van der Waals surface area contributed by atoms with Crippen LogP contribution in [0.1, 0.15) is 31.7 Å². The van der Waals surface area contributed by atoms with Gasteiger partial charge in [-0.3, -0.25) is 4.79 Å². The third kappa shape index (κ3) is 7.96. The van der Waals surface area contributed by atoms with E-state index < -0.39 is 24.1 Å². The first-order chi connectivity index (χ1) is 16.2. The van der Waals surface area contributed by atoms with Crippen LogP contribution in [0.15, 0.2) is 30.5 Å². The number of carboxylic acids is 2. The Morgan fingerprint density at radius 1 is 1.15 bits per heavy atom. The molecule has 2 aromatic rings. The van der Waals surface area contributed by atoms with Crippen LogP contribution in [0.5, 0.6) is 0 Å². The Morgan fingerprint density at radius 2 is 1.85 bits per heavy atom. The van der Waals surface area contributed by atoms with Gasteiger partial charge in [-0.15, -0.1) is 0 Å². The van der Waals surface area contributed by atoms with E-state index in [-0.39, 0.29) is 5.91 Å². The molecule has 2 atom stereocenters. The molecule has 11 nitrogen and oxygen atoms in total. The number of fused-ring (bicyclic) bond motifs is 1. The van der Waals surface area contributed by atoms with Crippen LogP contribution in [0, 0.1) is 0 Å². The molecule has 34 heavy (non-hydrogen) atoms. The van der Waals surface area contributed by atoms with Crippen molar-refractivity contribution in [2.24, 2.45) is 0 Å². The number of benzene rings is 1. The van der Waals surface area contributed by atoms with Crippen LogP contribution < -0.4 is 10.6 Å². The minimum atomic E-state index is -2.27. The number of aliphatic carboxylic acids is 2. The second kappa shape index (κ2) is 13.5. The Kier molecular flexibility index (Phi) is 10.7. The standard InChI is InChI=1S/C19H25N3O2.C4H6O6/c1-2-24-11-3-4-19(23)22-15-5-6-18-16(12-15)17(13-21-18)14-7-9-20-10-8-14;5-1(3(7)8)2(6)4(9)10/h5-7,12-13,20-21H,2-4,8-11H2,1H3,(H,22,23);1-2,5-6H,(H,7,8)(H,9,10). The minimum absolute atomic E-state index is 0.0345. The maximum Gasteiger partial charge on any atom is 0.335 e. The normalized spacial score (nSPS) is 15.0. The molecule has 0 radical (unpaired) electrons. The first-order valence-corrected chi connectivity index (χ1v) is 10.9. The van der Waals surface area contributed by atoms with Crippen LogP contribution in [-0.4, -0.2) is 81.8 Å². The van der Waals surface area contributed by atoms with E-state index in [2.05, 4.69) is 34.0 Å². The van der Waals surface area contributed by atoms with E-state index in [1.807, 2.05) is 19.1 Å². The minimum Gasteiger partial charge on any atom is -0.479 e. The number of amides is 1.